The summed E-state index contributed by atoms with van der Waals surface area (Å²) in [7, 11) is -3.60. The van der Waals surface area contributed by atoms with Gasteiger partial charge >= 0.3 is 5.97 Å². The van der Waals surface area contributed by atoms with Crippen LogP contribution in [0.15, 0.2) is 0 Å². The Morgan fingerprint density at radius 1 is 1.14 bits per heavy atom. The summed E-state index contributed by atoms with van der Waals surface area (Å²) >= 11 is 0. The maximum absolute atomic E-state index is 12.3. The van der Waals surface area contributed by atoms with E-state index in [0.717, 1.165) is 32.1 Å². The van der Waals surface area contributed by atoms with Crippen LogP contribution in [-0.2, 0) is 15.0 Å². The van der Waals surface area contributed by atoms with Gasteiger partial charge in [0.2, 0.25) is 0 Å². The molecule has 1 saturated carbocycles. The number of nitrogens with one attached hydrogen (secondary N) is 1. The van der Waals surface area contributed by atoms with Gasteiger partial charge in [-0.3, -0.25) is 4.79 Å². The zero-order chi connectivity index (χ0) is 15.9. The standard InChI is InChI=1S/C14H28N2O4S/c1-3-10-16(11-4-2)21(19,20)15-12-14(13(17)18)8-6-5-7-9-14/h15H,3-12H2,1-2H3,(H,17,18). The Balaban J connectivity index is 2.75. The molecule has 0 aliphatic heterocycles. The second kappa shape index (κ2) is 8.10. The number of carboxylic acids is 1. The molecule has 0 radical (unpaired) electrons. The zero-order valence-corrected chi connectivity index (χ0v) is 13.9. The number of rotatable bonds is 9. The minimum Gasteiger partial charge on any atom is -0.481 e. The molecule has 1 aliphatic rings. The van der Waals surface area contributed by atoms with Crippen molar-refractivity contribution in [2.45, 2.75) is 58.8 Å². The number of aliphatic carboxylic acids is 1. The van der Waals surface area contributed by atoms with Crippen molar-refractivity contribution in [3.05, 3.63) is 0 Å². The van der Waals surface area contributed by atoms with Crippen LogP contribution in [0.25, 0.3) is 0 Å². The van der Waals surface area contributed by atoms with Crippen molar-refractivity contribution < 1.29 is 18.3 Å². The Labute approximate surface area is 128 Å². The van der Waals surface area contributed by atoms with Gasteiger partial charge in [0.1, 0.15) is 0 Å². The van der Waals surface area contributed by atoms with Gasteiger partial charge in [0, 0.05) is 19.6 Å². The first-order valence-electron chi connectivity index (χ1n) is 7.86. The van der Waals surface area contributed by atoms with Gasteiger partial charge in [0.05, 0.1) is 5.41 Å². The van der Waals surface area contributed by atoms with E-state index in [1.165, 1.54) is 4.31 Å². The first-order chi connectivity index (χ1) is 9.88. The molecule has 1 fully saturated rings. The van der Waals surface area contributed by atoms with Crippen LogP contribution < -0.4 is 4.72 Å². The summed E-state index contributed by atoms with van der Waals surface area (Å²) in [5, 5.41) is 9.48. The normalized spacial score (nSPS) is 18.8. The minimum atomic E-state index is -3.60. The number of carboxylic acid groups (broad SMARTS) is 1. The Morgan fingerprint density at radius 2 is 1.67 bits per heavy atom. The SMILES string of the molecule is CCCN(CCC)S(=O)(=O)NCC1(C(=O)O)CCCCC1. The third-order valence-electron chi connectivity index (χ3n) is 4.14. The molecule has 0 aromatic rings. The monoisotopic (exact) mass is 320 g/mol. The first-order valence-corrected chi connectivity index (χ1v) is 9.30. The molecule has 0 aromatic heterocycles. The van der Waals surface area contributed by atoms with Gasteiger partial charge in [-0.15, -0.1) is 0 Å². The molecule has 0 aromatic carbocycles. The largest absolute Gasteiger partial charge is 0.481 e. The zero-order valence-electron chi connectivity index (χ0n) is 13.1. The Bertz CT molecular complexity index is 424. The van der Waals surface area contributed by atoms with E-state index in [2.05, 4.69) is 4.72 Å². The van der Waals surface area contributed by atoms with Crippen LogP contribution in [0.2, 0.25) is 0 Å². The van der Waals surface area contributed by atoms with Crippen molar-refractivity contribution in [2.24, 2.45) is 5.41 Å². The average molecular weight is 320 g/mol. The second-order valence-corrected chi connectivity index (χ2v) is 7.63. The molecule has 0 amide bonds. The van der Waals surface area contributed by atoms with Crippen molar-refractivity contribution in [2.75, 3.05) is 19.6 Å². The van der Waals surface area contributed by atoms with Crippen molar-refractivity contribution in [3.63, 3.8) is 0 Å². The van der Waals surface area contributed by atoms with Crippen LogP contribution in [0.3, 0.4) is 0 Å². The quantitative estimate of drug-likeness (QED) is 0.680. The lowest BCUT2D eigenvalue weighted by molar-refractivity contribution is -0.150. The molecular formula is C14H28N2O4S. The summed E-state index contributed by atoms with van der Waals surface area (Å²) in [5.41, 5.74) is -0.935. The minimum absolute atomic E-state index is 0.00536. The van der Waals surface area contributed by atoms with Gasteiger partial charge < -0.3 is 5.11 Å². The van der Waals surface area contributed by atoms with Crippen molar-refractivity contribution >= 4 is 16.2 Å². The van der Waals surface area contributed by atoms with Crippen molar-refractivity contribution in [3.8, 4) is 0 Å². The third kappa shape index (κ3) is 4.93. The van der Waals surface area contributed by atoms with Gasteiger partial charge in [-0.1, -0.05) is 33.1 Å². The van der Waals surface area contributed by atoms with Crippen LogP contribution in [0.1, 0.15) is 58.8 Å². The lowest BCUT2D eigenvalue weighted by atomic mass is 9.74. The molecule has 124 valence electrons. The lowest BCUT2D eigenvalue weighted by Gasteiger charge is -2.34. The number of hydrogen-bond acceptors (Lipinski definition) is 3. The molecule has 6 nitrogen and oxygen atoms in total. The van der Waals surface area contributed by atoms with E-state index in [9.17, 15) is 18.3 Å². The molecule has 1 aliphatic carbocycles. The van der Waals surface area contributed by atoms with E-state index < -0.39 is 21.6 Å². The predicted molar refractivity (Wildman–Crippen MR) is 82.2 cm³/mol. The van der Waals surface area contributed by atoms with Crippen LogP contribution >= 0.6 is 0 Å². The fourth-order valence-electron chi connectivity index (χ4n) is 2.87. The first kappa shape index (κ1) is 18.4. The highest BCUT2D eigenvalue weighted by atomic mass is 32.2. The van der Waals surface area contributed by atoms with E-state index >= 15 is 0 Å². The topological polar surface area (TPSA) is 86.7 Å². The molecule has 21 heavy (non-hydrogen) atoms. The Hall–Kier alpha value is -0.660. The molecule has 0 saturated heterocycles. The molecule has 1 rings (SSSR count). The van der Waals surface area contributed by atoms with Crippen molar-refractivity contribution in [1.29, 1.82) is 0 Å². The summed E-state index contributed by atoms with van der Waals surface area (Å²) < 4.78 is 28.6. The fourth-order valence-corrected chi connectivity index (χ4v) is 4.35. The van der Waals surface area contributed by atoms with Crippen LogP contribution in [0.5, 0.6) is 0 Å². The van der Waals surface area contributed by atoms with Gasteiger partial charge in [0.25, 0.3) is 10.2 Å². The van der Waals surface area contributed by atoms with E-state index in [1.54, 1.807) is 0 Å². The summed E-state index contributed by atoms with van der Waals surface area (Å²) in [6.45, 7) is 4.77. The highest BCUT2D eigenvalue weighted by molar-refractivity contribution is 7.87. The molecule has 0 spiro atoms. The maximum atomic E-state index is 12.3. The number of hydrogen-bond donors (Lipinski definition) is 2. The smallest absolute Gasteiger partial charge is 0.310 e. The summed E-state index contributed by atoms with van der Waals surface area (Å²) in [4.78, 5) is 11.6. The van der Waals surface area contributed by atoms with E-state index in [4.69, 9.17) is 0 Å². The number of carbonyl (C=O) groups is 1. The Morgan fingerprint density at radius 3 is 2.10 bits per heavy atom. The lowest BCUT2D eigenvalue weighted by Crippen LogP contribution is -2.49. The summed E-state index contributed by atoms with van der Waals surface area (Å²) in [5.74, 6) is -0.887. The van der Waals surface area contributed by atoms with Crippen LogP contribution in [0.4, 0.5) is 0 Å². The molecule has 0 heterocycles. The van der Waals surface area contributed by atoms with Crippen LogP contribution in [0, 0.1) is 5.41 Å². The van der Waals surface area contributed by atoms with E-state index in [-0.39, 0.29) is 6.54 Å². The summed E-state index contributed by atoms with van der Waals surface area (Å²) in [6, 6.07) is 0. The van der Waals surface area contributed by atoms with Crippen molar-refractivity contribution in [1.82, 2.24) is 9.03 Å². The maximum Gasteiger partial charge on any atom is 0.310 e. The molecule has 2 N–H and O–H groups in total. The summed E-state index contributed by atoms with van der Waals surface area (Å²) in [6.07, 6.45) is 5.30. The van der Waals surface area contributed by atoms with Crippen LogP contribution in [-0.4, -0.2) is 43.4 Å². The van der Waals surface area contributed by atoms with Gasteiger partial charge in [-0.25, -0.2) is 4.72 Å². The molecule has 0 atom stereocenters. The number of nitrogens with zero attached hydrogens (tertiary/aromatic N) is 1. The highest BCUT2D eigenvalue weighted by Gasteiger charge is 2.40. The molecule has 0 bridgehead atoms. The molecule has 7 heteroatoms. The fraction of sp³-hybridized carbons (Fsp3) is 0.929. The third-order valence-corrected chi connectivity index (χ3v) is 5.70. The van der Waals surface area contributed by atoms with Gasteiger partial charge in [-0.05, 0) is 25.7 Å². The second-order valence-electron chi connectivity index (χ2n) is 5.87. The predicted octanol–water partition coefficient (Wildman–Crippen LogP) is 1.98. The molecular weight excluding hydrogens is 292 g/mol. The molecule has 0 unspecified atom stereocenters. The van der Waals surface area contributed by atoms with E-state index in [0.29, 0.717) is 25.9 Å². The van der Waals surface area contributed by atoms with Gasteiger partial charge in [0.15, 0.2) is 0 Å². The Kier molecular flexibility index (Phi) is 7.09. The van der Waals surface area contributed by atoms with Gasteiger partial charge in [-0.2, -0.15) is 12.7 Å². The average Bonchev–Trinajstić information content (AvgIpc) is 2.46. The highest BCUT2D eigenvalue weighted by Crippen LogP contribution is 2.36. The van der Waals surface area contributed by atoms with E-state index in [1.807, 2.05) is 13.8 Å².